The van der Waals surface area contributed by atoms with Crippen molar-refractivity contribution in [2.45, 2.75) is 13.5 Å². The van der Waals surface area contributed by atoms with Gasteiger partial charge in [0.1, 0.15) is 5.82 Å². The van der Waals surface area contributed by atoms with Gasteiger partial charge in [0.05, 0.1) is 0 Å². The first-order valence-corrected chi connectivity index (χ1v) is 7.05. The summed E-state index contributed by atoms with van der Waals surface area (Å²) in [7, 11) is 0. The van der Waals surface area contributed by atoms with E-state index in [0.717, 1.165) is 5.56 Å². The molecule has 1 amide bonds. The van der Waals surface area contributed by atoms with Gasteiger partial charge in [0.2, 0.25) is 11.8 Å². The van der Waals surface area contributed by atoms with Gasteiger partial charge in [-0.2, -0.15) is 0 Å². The summed E-state index contributed by atoms with van der Waals surface area (Å²) in [5.41, 5.74) is 1.65. The minimum atomic E-state index is -0.338. The van der Waals surface area contributed by atoms with Crippen LogP contribution in [0.2, 0.25) is 0 Å². The Morgan fingerprint density at radius 3 is 2.52 bits per heavy atom. The molecule has 0 unspecified atom stereocenters. The van der Waals surface area contributed by atoms with E-state index in [1.54, 1.807) is 49.4 Å². The normalized spacial score (nSPS) is 10.5. The lowest BCUT2D eigenvalue weighted by Crippen LogP contribution is -2.23. The number of hydrogen-bond acceptors (Lipinski definition) is 4. The average Bonchev–Trinajstić information content (AvgIpc) is 3.00. The third kappa shape index (κ3) is 3.42. The molecule has 0 fully saturated rings. The van der Waals surface area contributed by atoms with Crippen molar-refractivity contribution in [1.82, 2.24) is 15.5 Å². The standard InChI is InChI=1S/C17H14FN3O2/c1-11-20-21-17(23-11)13-8-6-12(7-9-13)16(22)19-10-14-4-2-3-5-15(14)18/h2-9H,10H2,1H3,(H,19,22). The molecule has 0 aliphatic carbocycles. The highest BCUT2D eigenvalue weighted by atomic mass is 19.1. The van der Waals surface area contributed by atoms with E-state index in [4.69, 9.17) is 4.42 Å². The molecule has 6 heteroatoms. The largest absolute Gasteiger partial charge is 0.421 e. The number of halogens is 1. The average molecular weight is 311 g/mol. The topological polar surface area (TPSA) is 68.0 Å². The molecule has 23 heavy (non-hydrogen) atoms. The molecule has 2 aromatic carbocycles. The van der Waals surface area contributed by atoms with E-state index in [-0.39, 0.29) is 18.3 Å². The zero-order valence-electron chi connectivity index (χ0n) is 12.4. The van der Waals surface area contributed by atoms with Crippen LogP contribution in [-0.4, -0.2) is 16.1 Å². The van der Waals surface area contributed by atoms with E-state index >= 15 is 0 Å². The summed E-state index contributed by atoms with van der Waals surface area (Å²) in [5.74, 6) is 0.268. The molecule has 3 aromatic rings. The second kappa shape index (κ2) is 6.39. The molecule has 1 N–H and O–H groups in total. The SMILES string of the molecule is Cc1nnc(-c2ccc(C(=O)NCc3ccccc3F)cc2)o1. The second-order valence-electron chi connectivity index (χ2n) is 4.98. The maximum atomic E-state index is 13.5. The van der Waals surface area contributed by atoms with Crippen LogP contribution in [0.1, 0.15) is 21.8 Å². The van der Waals surface area contributed by atoms with Gasteiger partial charge in [-0.3, -0.25) is 4.79 Å². The van der Waals surface area contributed by atoms with Crippen molar-refractivity contribution in [1.29, 1.82) is 0 Å². The van der Waals surface area contributed by atoms with Crippen LogP contribution in [0.3, 0.4) is 0 Å². The molecule has 0 atom stereocenters. The molecular formula is C17H14FN3O2. The number of benzene rings is 2. The molecule has 0 saturated heterocycles. The van der Waals surface area contributed by atoms with Crippen LogP contribution in [0.15, 0.2) is 52.9 Å². The minimum absolute atomic E-state index is 0.135. The van der Waals surface area contributed by atoms with Gasteiger partial charge in [-0.05, 0) is 30.3 Å². The van der Waals surface area contributed by atoms with Gasteiger partial charge in [0, 0.05) is 30.2 Å². The van der Waals surface area contributed by atoms with Crippen LogP contribution in [0.5, 0.6) is 0 Å². The van der Waals surface area contributed by atoms with Crippen molar-refractivity contribution in [3.8, 4) is 11.5 Å². The van der Waals surface area contributed by atoms with E-state index < -0.39 is 0 Å². The Kier molecular flexibility index (Phi) is 4.14. The number of aromatic nitrogens is 2. The van der Waals surface area contributed by atoms with Crippen molar-refractivity contribution in [2.24, 2.45) is 0 Å². The van der Waals surface area contributed by atoms with Gasteiger partial charge in [-0.25, -0.2) is 4.39 Å². The van der Waals surface area contributed by atoms with Crippen molar-refractivity contribution < 1.29 is 13.6 Å². The molecule has 0 aliphatic heterocycles. The third-order valence-corrected chi connectivity index (χ3v) is 3.32. The first kappa shape index (κ1) is 14.9. The predicted octanol–water partition coefficient (Wildman–Crippen LogP) is 3.11. The summed E-state index contributed by atoms with van der Waals surface area (Å²) in [5, 5.41) is 10.4. The number of nitrogens with one attached hydrogen (secondary N) is 1. The maximum absolute atomic E-state index is 13.5. The van der Waals surface area contributed by atoms with Crippen LogP contribution in [-0.2, 0) is 6.54 Å². The van der Waals surface area contributed by atoms with Gasteiger partial charge >= 0.3 is 0 Å². The van der Waals surface area contributed by atoms with Crippen molar-refractivity contribution in [3.63, 3.8) is 0 Å². The molecule has 1 aromatic heterocycles. The summed E-state index contributed by atoms with van der Waals surface area (Å²) >= 11 is 0. The summed E-state index contributed by atoms with van der Waals surface area (Å²) < 4.78 is 18.8. The summed E-state index contributed by atoms with van der Waals surface area (Å²) in [6.45, 7) is 1.84. The lowest BCUT2D eigenvalue weighted by Gasteiger charge is -2.06. The molecular weight excluding hydrogens is 297 g/mol. The highest BCUT2D eigenvalue weighted by Gasteiger charge is 2.09. The molecule has 0 aliphatic rings. The van der Waals surface area contributed by atoms with Crippen LogP contribution >= 0.6 is 0 Å². The molecule has 0 bridgehead atoms. The van der Waals surface area contributed by atoms with Crippen LogP contribution in [0, 0.1) is 12.7 Å². The van der Waals surface area contributed by atoms with Gasteiger partial charge in [-0.15, -0.1) is 10.2 Å². The van der Waals surface area contributed by atoms with Crippen LogP contribution < -0.4 is 5.32 Å². The Morgan fingerprint density at radius 2 is 1.87 bits per heavy atom. The van der Waals surface area contributed by atoms with Gasteiger partial charge in [-0.1, -0.05) is 18.2 Å². The van der Waals surface area contributed by atoms with Crippen molar-refractivity contribution in [3.05, 3.63) is 71.4 Å². The Balaban J connectivity index is 1.67. The van der Waals surface area contributed by atoms with Crippen LogP contribution in [0.4, 0.5) is 4.39 Å². The summed E-state index contributed by atoms with van der Waals surface area (Å²) in [6.07, 6.45) is 0. The van der Waals surface area contributed by atoms with E-state index in [9.17, 15) is 9.18 Å². The number of nitrogens with zero attached hydrogens (tertiary/aromatic N) is 2. The van der Waals surface area contributed by atoms with E-state index in [0.29, 0.717) is 22.9 Å². The summed E-state index contributed by atoms with van der Waals surface area (Å²) in [4.78, 5) is 12.1. The number of carbonyl (C=O) groups is 1. The minimum Gasteiger partial charge on any atom is -0.421 e. The maximum Gasteiger partial charge on any atom is 0.251 e. The number of amides is 1. The smallest absolute Gasteiger partial charge is 0.251 e. The first-order valence-electron chi connectivity index (χ1n) is 7.05. The van der Waals surface area contributed by atoms with E-state index in [2.05, 4.69) is 15.5 Å². The van der Waals surface area contributed by atoms with Gasteiger partial charge in [0.25, 0.3) is 5.91 Å². The monoisotopic (exact) mass is 311 g/mol. The Hall–Kier alpha value is -3.02. The van der Waals surface area contributed by atoms with Crippen molar-refractivity contribution >= 4 is 5.91 Å². The first-order chi connectivity index (χ1) is 11.1. The lowest BCUT2D eigenvalue weighted by atomic mass is 10.1. The fraction of sp³-hybridized carbons (Fsp3) is 0.118. The number of hydrogen-bond donors (Lipinski definition) is 1. The quantitative estimate of drug-likeness (QED) is 0.804. The lowest BCUT2D eigenvalue weighted by molar-refractivity contribution is 0.0950. The molecule has 3 rings (SSSR count). The number of rotatable bonds is 4. The molecule has 0 radical (unpaired) electrons. The third-order valence-electron chi connectivity index (χ3n) is 3.32. The molecule has 0 spiro atoms. The Morgan fingerprint density at radius 1 is 1.13 bits per heavy atom. The molecule has 5 nitrogen and oxygen atoms in total. The zero-order valence-corrected chi connectivity index (χ0v) is 12.4. The van der Waals surface area contributed by atoms with Crippen LogP contribution in [0.25, 0.3) is 11.5 Å². The van der Waals surface area contributed by atoms with Crippen molar-refractivity contribution in [2.75, 3.05) is 0 Å². The zero-order chi connectivity index (χ0) is 16.2. The Labute approximate surface area is 132 Å². The fourth-order valence-corrected chi connectivity index (χ4v) is 2.10. The molecule has 1 heterocycles. The highest BCUT2D eigenvalue weighted by Crippen LogP contribution is 2.18. The number of carbonyl (C=O) groups excluding carboxylic acids is 1. The molecule has 0 saturated carbocycles. The Bertz CT molecular complexity index is 828. The predicted molar refractivity (Wildman–Crippen MR) is 82.0 cm³/mol. The fourth-order valence-electron chi connectivity index (χ4n) is 2.10. The highest BCUT2D eigenvalue weighted by molar-refractivity contribution is 5.94. The molecule has 116 valence electrons. The van der Waals surface area contributed by atoms with E-state index in [1.807, 2.05) is 0 Å². The van der Waals surface area contributed by atoms with Gasteiger partial charge in [0.15, 0.2) is 0 Å². The number of aryl methyl sites for hydroxylation is 1. The van der Waals surface area contributed by atoms with E-state index in [1.165, 1.54) is 6.07 Å². The second-order valence-corrected chi connectivity index (χ2v) is 4.98. The van der Waals surface area contributed by atoms with Gasteiger partial charge < -0.3 is 9.73 Å². The summed E-state index contributed by atoms with van der Waals surface area (Å²) in [6, 6.07) is 13.1.